The Kier molecular flexibility index (Phi) is 8.21. The van der Waals surface area contributed by atoms with E-state index in [0.717, 1.165) is 53.5 Å². The normalized spacial score (nSPS) is 15.3. The van der Waals surface area contributed by atoms with Gasteiger partial charge in [0.05, 0.1) is 25.3 Å². The van der Waals surface area contributed by atoms with Crippen LogP contribution in [0.4, 0.5) is 0 Å². The second-order valence-electron chi connectivity index (χ2n) is 7.20. The van der Waals surface area contributed by atoms with Gasteiger partial charge in [-0.1, -0.05) is 12.1 Å². The summed E-state index contributed by atoms with van der Waals surface area (Å²) < 4.78 is 17.4. The molecular weight excluding hydrogens is 432 g/mol. The minimum atomic E-state index is 0.358. The molecule has 0 amide bonds. The Hall–Kier alpha value is -1.76. The van der Waals surface area contributed by atoms with E-state index in [1.165, 1.54) is 18.4 Å². The summed E-state index contributed by atoms with van der Waals surface area (Å²) in [6, 6.07) is 13.0. The average molecular weight is 463 g/mol. The van der Waals surface area contributed by atoms with Crippen LogP contribution in [0.25, 0.3) is 0 Å². The highest BCUT2D eigenvalue weighted by Crippen LogP contribution is 2.36. The lowest BCUT2D eigenvalue weighted by molar-refractivity contribution is 0.238. The van der Waals surface area contributed by atoms with Gasteiger partial charge in [0, 0.05) is 19.1 Å². The molecule has 1 N–H and O–H groups in total. The molecule has 0 saturated carbocycles. The zero-order valence-corrected chi connectivity index (χ0v) is 19.1. The third-order valence-corrected chi connectivity index (χ3v) is 5.92. The maximum absolute atomic E-state index is 5.69. The number of ether oxygens (including phenoxy) is 3. The van der Waals surface area contributed by atoms with Crippen molar-refractivity contribution < 1.29 is 14.2 Å². The van der Waals surface area contributed by atoms with Crippen LogP contribution in [0.1, 0.15) is 36.9 Å². The number of benzene rings is 2. The lowest BCUT2D eigenvalue weighted by atomic mass is 10.0. The van der Waals surface area contributed by atoms with Gasteiger partial charge in [-0.15, -0.1) is 0 Å². The zero-order chi connectivity index (χ0) is 20.6. The van der Waals surface area contributed by atoms with Crippen LogP contribution >= 0.6 is 15.9 Å². The molecule has 1 fully saturated rings. The first-order chi connectivity index (χ1) is 14.2. The van der Waals surface area contributed by atoms with Gasteiger partial charge >= 0.3 is 0 Å². The quantitative estimate of drug-likeness (QED) is 0.549. The zero-order valence-electron chi connectivity index (χ0n) is 17.5. The molecule has 6 heteroatoms. The Morgan fingerprint density at radius 2 is 1.79 bits per heavy atom. The van der Waals surface area contributed by atoms with Gasteiger partial charge in [-0.2, -0.15) is 0 Å². The number of methoxy groups -OCH3 is 2. The number of nitrogens with one attached hydrogen (secondary N) is 1. The fourth-order valence-electron chi connectivity index (χ4n) is 3.85. The van der Waals surface area contributed by atoms with E-state index in [4.69, 9.17) is 14.2 Å². The summed E-state index contributed by atoms with van der Waals surface area (Å²) in [6.45, 7) is 6.54. The van der Waals surface area contributed by atoms with Crippen LogP contribution in [0.5, 0.6) is 17.2 Å². The van der Waals surface area contributed by atoms with Crippen molar-refractivity contribution >= 4 is 15.9 Å². The Bertz CT molecular complexity index is 776. The van der Waals surface area contributed by atoms with Crippen LogP contribution in [0.3, 0.4) is 0 Å². The highest BCUT2D eigenvalue weighted by Gasteiger charge is 2.23. The molecule has 1 aliphatic heterocycles. The van der Waals surface area contributed by atoms with Gasteiger partial charge in [0.15, 0.2) is 11.5 Å². The number of hydrogen-bond donors (Lipinski definition) is 1. The largest absolute Gasteiger partial charge is 0.497 e. The summed E-state index contributed by atoms with van der Waals surface area (Å²) in [5.41, 5.74) is 2.48. The van der Waals surface area contributed by atoms with E-state index in [1.807, 2.05) is 25.1 Å². The first-order valence-electron chi connectivity index (χ1n) is 10.2. The van der Waals surface area contributed by atoms with Crippen molar-refractivity contribution in [1.82, 2.24) is 10.2 Å². The molecular formula is C23H31BrN2O3. The van der Waals surface area contributed by atoms with Crippen molar-refractivity contribution in [2.45, 2.75) is 32.4 Å². The number of hydrogen-bond acceptors (Lipinski definition) is 5. The van der Waals surface area contributed by atoms with Crippen molar-refractivity contribution in [2.75, 3.05) is 40.5 Å². The molecule has 2 aromatic carbocycles. The van der Waals surface area contributed by atoms with E-state index in [9.17, 15) is 0 Å². The standard InChI is InChI=1S/C23H31BrN2O3/c1-4-29-23-20(24)13-17(14-22(23)28-3)15-25-16-21(26-11-5-6-12-26)18-7-9-19(27-2)10-8-18/h7-10,13-14,21,25H,4-6,11-12,15-16H2,1-3H3. The number of nitrogens with zero attached hydrogens (tertiary/aromatic N) is 1. The Labute approximate surface area is 182 Å². The molecule has 0 bridgehead atoms. The van der Waals surface area contributed by atoms with Crippen molar-refractivity contribution in [3.05, 3.63) is 52.0 Å². The predicted octanol–water partition coefficient (Wildman–Crippen LogP) is 4.79. The van der Waals surface area contributed by atoms with Crippen LogP contribution in [0, 0.1) is 0 Å². The third kappa shape index (κ3) is 5.65. The van der Waals surface area contributed by atoms with Crippen molar-refractivity contribution in [3.63, 3.8) is 0 Å². The van der Waals surface area contributed by atoms with Crippen LogP contribution < -0.4 is 19.5 Å². The molecule has 0 spiro atoms. The highest BCUT2D eigenvalue weighted by atomic mass is 79.9. The lowest BCUT2D eigenvalue weighted by Gasteiger charge is -2.28. The smallest absolute Gasteiger partial charge is 0.175 e. The summed E-state index contributed by atoms with van der Waals surface area (Å²) in [4.78, 5) is 2.57. The molecule has 0 aliphatic carbocycles. The van der Waals surface area contributed by atoms with E-state index in [1.54, 1.807) is 14.2 Å². The summed E-state index contributed by atoms with van der Waals surface area (Å²) >= 11 is 3.61. The molecule has 5 nitrogen and oxygen atoms in total. The number of likely N-dealkylation sites (tertiary alicyclic amines) is 1. The molecule has 1 unspecified atom stereocenters. The van der Waals surface area contributed by atoms with Crippen molar-refractivity contribution in [2.24, 2.45) is 0 Å². The van der Waals surface area contributed by atoms with E-state index in [0.29, 0.717) is 12.6 Å². The van der Waals surface area contributed by atoms with Crippen LogP contribution in [-0.2, 0) is 6.54 Å². The average Bonchev–Trinajstić information content (AvgIpc) is 3.27. The number of rotatable bonds is 10. The molecule has 29 heavy (non-hydrogen) atoms. The number of halogens is 1. The molecule has 1 atom stereocenters. The lowest BCUT2D eigenvalue weighted by Crippen LogP contribution is -2.34. The van der Waals surface area contributed by atoms with Crippen LogP contribution in [-0.4, -0.2) is 45.4 Å². The second kappa shape index (κ2) is 10.9. The van der Waals surface area contributed by atoms with Gasteiger partial charge in [0.1, 0.15) is 5.75 Å². The maximum Gasteiger partial charge on any atom is 0.175 e. The maximum atomic E-state index is 5.69. The minimum absolute atomic E-state index is 0.358. The fraction of sp³-hybridized carbons (Fsp3) is 0.478. The van der Waals surface area contributed by atoms with E-state index >= 15 is 0 Å². The predicted molar refractivity (Wildman–Crippen MR) is 120 cm³/mol. The molecule has 0 radical (unpaired) electrons. The molecule has 1 aliphatic rings. The van der Waals surface area contributed by atoms with Gasteiger partial charge in [-0.25, -0.2) is 0 Å². The van der Waals surface area contributed by atoms with Crippen LogP contribution in [0.15, 0.2) is 40.9 Å². The molecule has 3 rings (SSSR count). The Morgan fingerprint density at radius 3 is 2.41 bits per heavy atom. The van der Waals surface area contributed by atoms with Crippen molar-refractivity contribution in [3.8, 4) is 17.2 Å². The topological polar surface area (TPSA) is 43.0 Å². The third-order valence-electron chi connectivity index (χ3n) is 5.33. The first-order valence-corrected chi connectivity index (χ1v) is 11.0. The SMILES string of the molecule is CCOc1c(Br)cc(CNCC(c2ccc(OC)cc2)N2CCCC2)cc1OC. The Balaban J connectivity index is 1.68. The van der Waals surface area contributed by atoms with E-state index < -0.39 is 0 Å². The van der Waals surface area contributed by atoms with Gasteiger partial charge in [0.25, 0.3) is 0 Å². The van der Waals surface area contributed by atoms with E-state index in [-0.39, 0.29) is 0 Å². The monoisotopic (exact) mass is 462 g/mol. The summed E-state index contributed by atoms with van der Waals surface area (Å²) in [5.74, 6) is 2.41. The van der Waals surface area contributed by atoms with Gasteiger partial charge in [0.2, 0.25) is 0 Å². The van der Waals surface area contributed by atoms with Gasteiger partial charge < -0.3 is 19.5 Å². The summed E-state index contributed by atoms with van der Waals surface area (Å²) in [5, 5.41) is 3.65. The summed E-state index contributed by atoms with van der Waals surface area (Å²) in [7, 11) is 3.38. The van der Waals surface area contributed by atoms with E-state index in [2.05, 4.69) is 44.3 Å². The first kappa shape index (κ1) is 21.9. The molecule has 2 aromatic rings. The Morgan fingerprint density at radius 1 is 1.07 bits per heavy atom. The van der Waals surface area contributed by atoms with Gasteiger partial charge in [-0.3, -0.25) is 4.90 Å². The molecule has 0 aromatic heterocycles. The molecule has 158 valence electrons. The molecule has 1 saturated heterocycles. The van der Waals surface area contributed by atoms with Crippen molar-refractivity contribution in [1.29, 1.82) is 0 Å². The van der Waals surface area contributed by atoms with Gasteiger partial charge in [-0.05, 0) is 84.2 Å². The minimum Gasteiger partial charge on any atom is -0.497 e. The van der Waals surface area contributed by atoms with Crippen LogP contribution in [0.2, 0.25) is 0 Å². The highest BCUT2D eigenvalue weighted by molar-refractivity contribution is 9.10. The second-order valence-corrected chi connectivity index (χ2v) is 8.06. The molecule has 1 heterocycles. The fourth-order valence-corrected chi connectivity index (χ4v) is 4.45. The summed E-state index contributed by atoms with van der Waals surface area (Å²) in [6.07, 6.45) is 2.55.